The van der Waals surface area contributed by atoms with E-state index >= 15 is 0 Å². The van der Waals surface area contributed by atoms with Crippen LogP contribution in [0, 0.1) is 0 Å². The second kappa shape index (κ2) is 4.30. The zero-order chi connectivity index (χ0) is 11.7. The lowest BCUT2D eigenvalue weighted by atomic mass is 10.1. The van der Waals surface area contributed by atoms with E-state index in [1.165, 1.54) is 0 Å². The van der Waals surface area contributed by atoms with Crippen molar-refractivity contribution >= 4 is 0 Å². The van der Waals surface area contributed by atoms with Gasteiger partial charge in [0.15, 0.2) is 11.6 Å². The van der Waals surface area contributed by atoms with Crippen molar-refractivity contribution in [1.29, 1.82) is 0 Å². The van der Waals surface area contributed by atoms with Gasteiger partial charge in [-0.3, -0.25) is 0 Å². The van der Waals surface area contributed by atoms with Crippen molar-refractivity contribution < 1.29 is 0 Å². The van der Waals surface area contributed by atoms with E-state index in [0.29, 0.717) is 6.04 Å². The monoisotopic (exact) mass is 228 g/mol. The third-order valence-electron chi connectivity index (χ3n) is 3.26. The summed E-state index contributed by atoms with van der Waals surface area (Å²) in [6.07, 6.45) is 1.05. The molecular formula is C13H16N4. The molecule has 1 atom stereocenters. The molecule has 2 aromatic rings. The van der Waals surface area contributed by atoms with Gasteiger partial charge in [0, 0.05) is 18.7 Å². The first-order chi connectivity index (χ1) is 8.40. The van der Waals surface area contributed by atoms with Crippen LogP contribution in [0.5, 0.6) is 0 Å². The summed E-state index contributed by atoms with van der Waals surface area (Å²) in [5.41, 5.74) is 1.14. The van der Waals surface area contributed by atoms with Gasteiger partial charge in [-0.2, -0.15) is 0 Å². The molecule has 0 aliphatic carbocycles. The van der Waals surface area contributed by atoms with Crippen LogP contribution >= 0.6 is 0 Å². The minimum absolute atomic E-state index is 0.341. The van der Waals surface area contributed by atoms with Gasteiger partial charge in [-0.05, 0) is 6.42 Å². The fourth-order valence-electron chi connectivity index (χ4n) is 2.36. The first-order valence-corrected chi connectivity index (χ1v) is 6.12. The van der Waals surface area contributed by atoms with Gasteiger partial charge in [0.2, 0.25) is 0 Å². The summed E-state index contributed by atoms with van der Waals surface area (Å²) in [7, 11) is 0. The van der Waals surface area contributed by atoms with Crippen LogP contribution in [0.25, 0.3) is 11.4 Å². The molecule has 0 amide bonds. The highest BCUT2D eigenvalue weighted by Gasteiger charge is 2.23. The van der Waals surface area contributed by atoms with Gasteiger partial charge >= 0.3 is 0 Å². The van der Waals surface area contributed by atoms with Crippen LogP contribution in [0.4, 0.5) is 0 Å². The Morgan fingerprint density at radius 1 is 1.29 bits per heavy atom. The van der Waals surface area contributed by atoms with E-state index in [1.54, 1.807) is 0 Å². The highest BCUT2D eigenvalue weighted by atomic mass is 15.3. The molecule has 0 saturated carbocycles. The van der Waals surface area contributed by atoms with Crippen molar-refractivity contribution in [2.75, 3.05) is 6.54 Å². The molecular weight excluding hydrogens is 212 g/mol. The summed E-state index contributed by atoms with van der Waals surface area (Å²) in [6, 6.07) is 10.6. The Labute approximate surface area is 101 Å². The number of nitrogens with one attached hydrogen (secondary N) is 1. The largest absolute Gasteiger partial charge is 0.308 e. The zero-order valence-electron chi connectivity index (χ0n) is 9.93. The first-order valence-electron chi connectivity index (χ1n) is 6.12. The van der Waals surface area contributed by atoms with Crippen molar-refractivity contribution in [2.45, 2.75) is 25.9 Å². The summed E-state index contributed by atoms with van der Waals surface area (Å²) < 4.78 is 2.24. The predicted molar refractivity (Wildman–Crippen MR) is 66.5 cm³/mol. The molecule has 0 saturated heterocycles. The molecule has 4 heteroatoms. The number of hydrogen-bond donors (Lipinski definition) is 1. The Hall–Kier alpha value is -1.68. The smallest absolute Gasteiger partial charge is 0.164 e. The Kier molecular flexibility index (Phi) is 2.65. The van der Waals surface area contributed by atoms with Crippen LogP contribution in [0.15, 0.2) is 30.3 Å². The molecule has 4 nitrogen and oxygen atoms in total. The number of hydrogen-bond acceptors (Lipinski definition) is 3. The van der Waals surface area contributed by atoms with Crippen LogP contribution in [0.3, 0.4) is 0 Å². The van der Waals surface area contributed by atoms with Crippen molar-refractivity contribution in [3.05, 3.63) is 36.2 Å². The number of fused-ring (bicyclic) bond motifs is 1. The highest BCUT2D eigenvalue weighted by Crippen LogP contribution is 2.24. The highest BCUT2D eigenvalue weighted by molar-refractivity contribution is 5.55. The Morgan fingerprint density at radius 2 is 2.12 bits per heavy atom. The van der Waals surface area contributed by atoms with E-state index < -0.39 is 0 Å². The van der Waals surface area contributed by atoms with Crippen molar-refractivity contribution in [3.63, 3.8) is 0 Å². The van der Waals surface area contributed by atoms with Gasteiger partial charge < -0.3 is 9.88 Å². The molecule has 1 N–H and O–H groups in total. The van der Waals surface area contributed by atoms with Crippen LogP contribution in [0.2, 0.25) is 0 Å². The van der Waals surface area contributed by atoms with Gasteiger partial charge in [-0.15, -0.1) is 10.2 Å². The van der Waals surface area contributed by atoms with Gasteiger partial charge in [0.05, 0.1) is 6.04 Å². The Morgan fingerprint density at radius 3 is 2.88 bits per heavy atom. The zero-order valence-corrected chi connectivity index (χ0v) is 9.93. The fourth-order valence-corrected chi connectivity index (χ4v) is 2.36. The van der Waals surface area contributed by atoms with Crippen LogP contribution in [-0.4, -0.2) is 21.3 Å². The average Bonchev–Trinajstić information content (AvgIpc) is 2.83. The maximum Gasteiger partial charge on any atom is 0.164 e. The van der Waals surface area contributed by atoms with Gasteiger partial charge in [-0.1, -0.05) is 37.3 Å². The summed E-state index contributed by atoms with van der Waals surface area (Å²) >= 11 is 0. The average molecular weight is 228 g/mol. The molecule has 1 aromatic carbocycles. The third kappa shape index (κ3) is 1.74. The van der Waals surface area contributed by atoms with Gasteiger partial charge in [-0.25, -0.2) is 0 Å². The summed E-state index contributed by atoms with van der Waals surface area (Å²) in [5.74, 6) is 2.05. The first kappa shape index (κ1) is 10.5. The molecule has 0 fully saturated rings. The summed E-state index contributed by atoms with van der Waals surface area (Å²) in [5, 5.41) is 12.1. The van der Waals surface area contributed by atoms with Crippen LogP contribution in [-0.2, 0) is 6.54 Å². The van der Waals surface area contributed by atoms with E-state index in [1.807, 2.05) is 18.2 Å². The van der Waals surface area contributed by atoms with Gasteiger partial charge in [0.1, 0.15) is 0 Å². The van der Waals surface area contributed by atoms with E-state index in [2.05, 4.69) is 39.1 Å². The van der Waals surface area contributed by atoms with Crippen molar-refractivity contribution in [2.24, 2.45) is 0 Å². The standard InChI is InChI=1S/C13H16N4/c1-2-11-13-16-15-12(17(13)9-8-14-11)10-6-4-3-5-7-10/h3-7,11,14H,2,8-9H2,1H3. The van der Waals surface area contributed by atoms with Crippen molar-refractivity contribution in [1.82, 2.24) is 20.1 Å². The van der Waals surface area contributed by atoms with E-state index in [9.17, 15) is 0 Å². The molecule has 1 aromatic heterocycles. The molecule has 0 spiro atoms. The molecule has 2 heterocycles. The minimum Gasteiger partial charge on any atom is -0.308 e. The lowest BCUT2D eigenvalue weighted by Gasteiger charge is -2.23. The second-order valence-electron chi connectivity index (χ2n) is 4.31. The predicted octanol–water partition coefficient (Wildman–Crippen LogP) is 2.00. The molecule has 1 aliphatic heterocycles. The molecule has 88 valence electrons. The Balaban J connectivity index is 2.06. The molecule has 17 heavy (non-hydrogen) atoms. The second-order valence-corrected chi connectivity index (χ2v) is 4.31. The summed E-state index contributed by atoms with van der Waals surface area (Å²) in [6.45, 7) is 4.11. The van der Waals surface area contributed by atoms with E-state index in [0.717, 1.165) is 36.7 Å². The number of nitrogens with zero attached hydrogens (tertiary/aromatic N) is 3. The van der Waals surface area contributed by atoms with Gasteiger partial charge in [0.25, 0.3) is 0 Å². The lowest BCUT2D eigenvalue weighted by molar-refractivity contribution is 0.407. The topological polar surface area (TPSA) is 42.7 Å². The molecule has 3 rings (SSSR count). The normalized spacial score (nSPS) is 19.0. The number of rotatable bonds is 2. The van der Waals surface area contributed by atoms with E-state index in [-0.39, 0.29) is 0 Å². The van der Waals surface area contributed by atoms with E-state index in [4.69, 9.17) is 0 Å². The van der Waals surface area contributed by atoms with Crippen LogP contribution < -0.4 is 5.32 Å². The SMILES string of the molecule is CCC1NCCn2c(-c3ccccc3)nnc21. The third-order valence-corrected chi connectivity index (χ3v) is 3.26. The fraction of sp³-hybridized carbons (Fsp3) is 0.385. The molecule has 0 bridgehead atoms. The quantitative estimate of drug-likeness (QED) is 0.855. The summed E-state index contributed by atoms with van der Waals surface area (Å²) in [4.78, 5) is 0. The molecule has 1 aliphatic rings. The maximum atomic E-state index is 4.34. The van der Waals surface area contributed by atoms with Crippen LogP contribution in [0.1, 0.15) is 25.2 Å². The number of aromatic nitrogens is 3. The Bertz CT molecular complexity index is 503. The van der Waals surface area contributed by atoms with Crippen molar-refractivity contribution in [3.8, 4) is 11.4 Å². The minimum atomic E-state index is 0.341. The lowest BCUT2D eigenvalue weighted by Crippen LogP contribution is -2.33. The molecule has 0 radical (unpaired) electrons. The molecule has 1 unspecified atom stereocenters. The maximum absolute atomic E-state index is 4.34. The number of benzene rings is 1.